The number of imide groups is 1. The molecule has 0 radical (unpaired) electrons. The Kier molecular flexibility index (Phi) is 7.96. The Morgan fingerprint density at radius 1 is 1.00 bits per heavy atom. The van der Waals surface area contributed by atoms with Crippen molar-refractivity contribution in [1.82, 2.24) is 9.47 Å². The molecule has 6 rings (SSSR count). The van der Waals surface area contributed by atoms with Crippen molar-refractivity contribution in [3.8, 4) is 11.5 Å². The molecule has 232 valence electrons. The van der Waals surface area contributed by atoms with E-state index in [1.807, 2.05) is 0 Å². The number of thioether (sulfide) groups is 1. The monoisotopic (exact) mass is 649 g/mol. The van der Waals surface area contributed by atoms with Crippen molar-refractivity contribution >= 4 is 46.5 Å². The second-order valence-electron chi connectivity index (χ2n) is 10.3. The van der Waals surface area contributed by atoms with E-state index < -0.39 is 51.2 Å². The van der Waals surface area contributed by atoms with Crippen molar-refractivity contribution in [2.24, 2.45) is 5.92 Å². The second-order valence-corrected chi connectivity index (χ2v) is 12.4. The number of carbonyl (C=O) groups excluding carboxylic acids is 3. The molecule has 2 fully saturated rings. The molecule has 0 aliphatic carbocycles. The highest BCUT2D eigenvalue weighted by Crippen LogP contribution is 2.55. The Bertz CT molecular complexity index is 1700. The van der Waals surface area contributed by atoms with Crippen molar-refractivity contribution < 1.29 is 41.8 Å². The average molecular weight is 650 g/mol. The number of amides is 3. The molecule has 0 saturated carbocycles. The Morgan fingerprint density at radius 3 is 2.39 bits per heavy atom. The van der Waals surface area contributed by atoms with Crippen molar-refractivity contribution in [2.45, 2.75) is 28.9 Å². The highest BCUT2D eigenvalue weighted by Gasteiger charge is 2.58. The SMILES string of the molecule is COc1ccc([C@H]2c3sc(=O)n(CC(=O)N4CCOCC4)c3SC3C(=O)N(c4ccccc4C(F)(F)F)C(=O)C32)cc1OC. The number of hydrogen-bond acceptors (Lipinski definition) is 9. The molecular weight excluding hydrogens is 623 g/mol. The number of methoxy groups -OCH3 is 2. The Labute approximate surface area is 257 Å². The number of hydrogen-bond donors (Lipinski definition) is 0. The minimum absolute atomic E-state index is 0.295. The van der Waals surface area contributed by atoms with E-state index >= 15 is 0 Å². The number of para-hydroxylation sites is 1. The van der Waals surface area contributed by atoms with Gasteiger partial charge in [0.15, 0.2) is 11.5 Å². The zero-order valence-electron chi connectivity index (χ0n) is 23.5. The maximum atomic E-state index is 14.1. The number of nitrogens with zero attached hydrogens (tertiary/aromatic N) is 3. The first-order valence-corrected chi connectivity index (χ1v) is 15.3. The highest BCUT2D eigenvalue weighted by molar-refractivity contribution is 8.00. The highest BCUT2D eigenvalue weighted by atomic mass is 32.2. The lowest BCUT2D eigenvalue weighted by atomic mass is 9.83. The molecule has 3 aliphatic heterocycles. The lowest BCUT2D eigenvalue weighted by Gasteiger charge is -2.31. The van der Waals surface area contributed by atoms with Gasteiger partial charge in [0.05, 0.1) is 49.6 Å². The van der Waals surface area contributed by atoms with Gasteiger partial charge in [0.1, 0.15) is 11.8 Å². The maximum Gasteiger partial charge on any atom is 0.418 e. The van der Waals surface area contributed by atoms with E-state index in [0.717, 1.165) is 35.2 Å². The number of thiazole rings is 1. The largest absolute Gasteiger partial charge is 0.493 e. The topological polar surface area (TPSA) is 107 Å². The van der Waals surface area contributed by atoms with Crippen LogP contribution >= 0.6 is 23.1 Å². The molecule has 10 nitrogen and oxygen atoms in total. The van der Waals surface area contributed by atoms with E-state index in [-0.39, 0.29) is 12.5 Å². The smallest absolute Gasteiger partial charge is 0.418 e. The third kappa shape index (κ3) is 5.06. The van der Waals surface area contributed by atoms with Gasteiger partial charge in [-0.15, -0.1) is 0 Å². The Morgan fingerprint density at radius 2 is 1.70 bits per heavy atom. The van der Waals surface area contributed by atoms with Gasteiger partial charge >= 0.3 is 11.0 Å². The molecule has 0 N–H and O–H groups in total. The molecule has 3 atom stereocenters. The van der Waals surface area contributed by atoms with Crippen LogP contribution in [0.3, 0.4) is 0 Å². The summed E-state index contributed by atoms with van der Waals surface area (Å²) in [5, 5.41) is -0.831. The van der Waals surface area contributed by atoms with Crippen LogP contribution < -0.4 is 19.2 Å². The van der Waals surface area contributed by atoms with Crippen LogP contribution in [0.5, 0.6) is 11.5 Å². The van der Waals surface area contributed by atoms with E-state index in [0.29, 0.717) is 58.2 Å². The second kappa shape index (κ2) is 11.6. The minimum Gasteiger partial charge on any atom is -0.493 e. The van der Waals surface area contributed by atoms with Crippen LogP contribution in [0, 0.1) is 5.92 Å². The van der Waals surface area contributed by atoms with E-state index in [9.17, 15) is 32.3 Å². The molecule has 0 spiro atoms. The van der Waals surface area contributed by atoms with Crippen LogP contribution in [0.25, 0.3) is 0 Å². The van der Waals surface area contributed by atoms with Gasteiger partial charge < -0.3 is 19.1 Å². The van der Waals surface area contributed by atoms with Crippen LogP contribution in [0.1, 0.15) is 21.9 Å². The van der Waals surface area contributed by atoms with Gasteiger partial charge in [-0.05, 0) is 29.8 Å². The summed E-state index contributed by atoms with van der Waals surface area (Å²) in [5.74, 6) is -3.26. The molecule has 15 heteroatoms. The van der Waals surface area contributed by atoms with Gasteiger partial charge in [0, 0.05) is 23.9 Å². The number of fused-ring (bicyclic) bond motifs is 2. The van der Waals surface area contributed by atoms with Crippen molar-refractivity contribution in [2.75, 3.05) is 45.4 Å². The number of alkyl halides is 3. The summed E-state index contributed by atoms with van der Waals surface area (Å²) in [6.07, 6.45) is -4.82. The van der Waals surface area contributed by atoms with Gasteiger partial charge in [-0.1, -0.05) is 41.3 Å². The number of benzene rings is 2. The summed E-state index contributed by atoms with van der Waals surface area (Å²) in [7, 11) is 2.88. The van der Waals surface area contributed by atoms with Crippen LogP contribution in [0.4, 0.5) is 18.9 Å². The molecule has 3 amide bonds. The molecule has 1 aromatic heterocycles. The van der Waals surface area contributed by atoms with Crippen LogP contribution in [0.15, 0.2) is 52.3 Å². The Balaban J connectivity index is 1.48. The van der Waals surface area contributed by atoms with Gasteiger partial charge in [-0.25, -0.2) is 4.90 Å². The normalized spacial score (nSPS) is 21.7. The minimum atomic E-state index is -4.82. The number of ether oxygens (including phenoxy) is 3. The summed E-state index contributed by atoms with van der Waals surface area (Å²) < 4.78 is 59.4. The first kappa shape index (κ1) is 30.2. The van der Waals surface area contributed by atoms with Gasteiger partial charge in [0.25, 0.3) is 0 Å². The molecular formula is C29H26F3N3O7S2. The molecule has 4 heterocycles. The number of anilines is 1. The fourth-order valence-electron chi connectivity index (χ4n) is 5.85. The predicted molar refractivity (Wildman–Crippen MR) is 154 cm³/mol. The van der Waals surface area contributed by atoms with Crippen LogP contribution in [0.2, 0.25) is 0 Å². The number of aromatic nitrogens is 1. The van der Waals surface area contributed by atoms with E-state index in [2.05, 4.69) is 0 Å². The number of rotatable bonds is 6. The fraction of sp³-hybridized carbons (Fsp3) is 0.379. The molecule has 3 aliphatic rings. The van der Waals surface area contributed by atoms with Crippen LogP contribution in [-0.2, 0) is 31.8 Å². The van der Waals surface area contributed by atoms with Crippen molar-refractivity contribution in [1.29, 1.82) is 0 Å². The standard InChI is InChI=1S/C29H26F3N3O7S2/c1-40-18-8-7-15(13-19(18)41-2)21-22-23(26(38)35(25(22)37)17-6-4-3-5-16(17)29(30,31)32)43-27-24(21)44-28(39)34(27)14-20(36)33-9-11-42-12-10-33/h3-8,13,21-23H,9-12,14H2,1-2H3/t21-,22?,23?/m1/s1. The van der Waals surface area contributed by atoms with Gasteiger partial charge in [-0.3, -0.25) is 23.7 Å². The quantitative estimate of drug-likeness (QED) is 0.373. The van der Waals surface area contributed by atoms with Crippen molar-refractivity contribution in [3.05, 3.63) is 68.1 Å². The van der Waals surface area contributed by atoms with Crippen molar-refractivity contribution in [3.63, 3.8) is 0 Å². The summed E-state index contributed by atoms with van der Waals surface area (Å²) in [4.78, 5) is 56.7. The summed E-state index contributed by atoms with van der Waals surface area (Å²) in [5.41, 5.74) is -1.17. The third-order valence-corrected chi connectivity index (χ3v) is 10.5. The zero-order chi connectivity index (χ0) is 31.3. The lowest BCUT2D eigenvalue weighted by Crippen LogP contribution is -2.43. The van der Waals surface area contributed by atoms with E-state index in [1.54, 1.807) is 23.1 Å². The number of halogens is 3. The molecule has 2 saturated heterocycles. The maximum absolute atomic E-state index is 14.1. The van der Waals surface area contributed by atoms with Gasteiger partial charge in [0.2, 0.25) is 17.7 Å². The Hall–Kier alpha value is -3.82. The molecule has 3 aromatic rings. The lowest BCUT2D eigenvalue weighted by molar-refractivity contribution is -0.137. The third-order valence-electron chi connectivity index (χ3n) is 7.92. The fourth-order valence-corrected chi connectivity index (χ4v) is 8.63. The number of carbonyl (C=O) groups is 3. The summed E-state index contributed by atoms with van der Waals surface area (Å²) in [6, 6.07) is 9.34. The van der Waals surface area contributed by atoms with Gasteiger partial charge in [-0.2, -0.15) is 13.2 Å². The average Bonchev–Trinajstić information content (AvgIpc) is 3.46. The molecule has 2 unspecified atom stereocenters. The molecule has 44 heavy (non-hydrogen) atoms. The first-order valence-electron chi connectivity index (χ1n) is 13.6. The zero-order valence-corrected chi connectivity index (χ0v) is 25.1. The predicted octanol–water partition coefficient (Wildman–Crippen LogP) is 3.60. The van der Waals surface area contributed by atoms with E-state index in [4.69, 9.17) is 14.2 Å². The molecule has 0 bridgehead atoms. The van der Waals surface area contributed by atoms with E-state index in [1.165, 1.54) is 30.9 Å². The molecule has 2 aromatic carbocycles. The van der Waals surface area contributed by atoms with Crippen LogP contribution in [-0.4, -0.2) is 73.0 Å². The number of morpholine rings is 1. The summed E-state index contributed by atoms with van der Waals surface area (Å²) in [6.45, 7) is 1.18. The summed E-state index contributed by atoms with van der Waals surface area (Å²) >= 11 is 1.78. The first-order chi connectivity index (χ1) is 21.0.